The number of ether oxygens (including phenoxy) is 1. The number of nitrogens with zero attached hydrogens (tertiary/aromatic N) is 4. The van der Waals surface area contributed by atoms with Crippen molar-refractivity contribution in [2.75, 3.05) is 7.11 Å². The number of fused-ring (bicyclic) bond motifs is 1. The van der Waals surface area contributed by atoms with Gasteiger partial charge in [0.1, 0.15) is 16.4 Å². The van der Waals surface area contributed by atoms with Gasteiger partial charge in [0, 0.05) is 6.07 Å². The lowest BCUT2D eigenvalue weighted by Crippen LogP contribution is -1.96. The fourth-order valence-corrected chi connectivity index (χ4v) is 1.87. The van der Waals surface area contributed by atoms with Crippen molar-refractivity contribution in [1.29, 1.82) is 0 Å². The van der Waals surface area contributed by atoms with E-state index in [4.69, 9.17) is 16.3 Å². The molecule has 0 aliphatic carbocycles. The molecule has 0 fully saturated rings. The van der Waals surface area contributed by atoms with Gasteiger partial charge in [0.2, 0.25) is 0 Å². The summed E-state index contributed by atoms with van der Waals surface area (Å²) in [5.41, 5.74) is 2.41. The molecular formula is C12H9ClN4O. The van der Waals surface area contributed by atoms with Crippen LogP contribution in [0.1, 0.15) is 0 Å². The standard InChI is InChI=1S/C12H9ClN4O/c1-18-9-4-2-8(3-5-9)17-11-6-12(13)14-7-10(11)15-16-17/h2-7H,1H3. The summed E-state index contributed by atoms with van der Waals surface area (Å²) in [5.74, 6) is 0.794. The van der Waals surface area contributed by atoms with E-state index in [0.29, 0.717) is 10.7 Å². The van der Waals surface area contributed by atoms with Crippen LogP contribution in [0.25, 0.3) is 16.7 Å². The van der Waals surface area contributed by atoms with Crippen LogP contribution in [-0.2, 0) is 0 Å². The average molecular weight is 261 g/mol. The molecule has 18 heavy (non-hydrogen) atoms. The van der Waals surface area contributed by atoms with Crippen molar-refractivity contribution in [2.45, 2.75) is 0 Å². The molecule has 3 rings (SSSR count). The summed E-state index contributed by atoms with van der Waals surface area (Å²) in [4.78, 5) is 3.97. The van der Waals surface area contributed by atoms with Gasteiger partial charge >= 0.3 is 0 Å². The van der Waals surface area contributed by atoms with Crippen LogP contribution in [0.5, 0.6) is 5.75 Å². The highest BCUT2D eigenvalue weighted by Gasteiger charge is 2.07. The van der Waals surface area contributed by atoms with Crippen LogP contribution < -0.4 is 4.74 Å². The molecular weight excluding hydrogens is 252 g/mol. The van der Waals surface area contributed by atoms with Crippen molar-refractivity contribution >= 4 is 22.6 Å². The topological polar surface area (TPSA) is 52.8 Å². The van der Waals surface area contributed by atoms with Crippen LogP contribution in [0.4, 0.5) is 0 Å². The van der Waals surface area contributed by atoms with Gasteiger partial charge in [0.25, 0.3) is 0 Å². The first-order valence-corrected chi connectivity index (χ1v) is 5.67. The Bertz CT molecular complexity index is 693. The number of benzene rings is 1. The molecule has 0 atom stereocenters. The minimum absolute atomic E-state index is 0.416. The molecule has 0 radical (unpaired) electrons. The second-order valence-corrected chi connectivity index (χ2v) is 4.08. The maximum absolute atomic E-state index is 5.88. The predicted octanol–water partition coefficient (Wildman–Crippen LogP) is 2.48. The molecule has 90 valence electrons. The minimum atomic E-state index is 0.416. The van der Waals surface area contributed by atoms with Crippen LogP contribution >= 0.6 is 11.6 Å². The maximum atomic E-state index is 5.88. The molecule has 2 heterocycles. The van der Waals surface area contributed by atoms with Crippen LogP contribution in [0.15, 0.2) is 36.5 Å². The molecule has 0 aliphatic rings. The molecule has 2 aromatic heterocycles. The monoisotopic (exact) mass is 260 g/mol. The molecule has 0 saturated carbocycles. The fourth-order valence-electron chi connectivity index (χ4n) is 1.71. The van der Waals surface area contributed by atoms with Crippen molar-refractivity contribution < 1.29 is 4.74 Å². The normalized spacial score (nSPS) is 10.8. The first-order valence-electron chi connectivity index (χ1n) is 5.29. The van der Waals surface area contributed by atoms with Gasteiger partial charge in [-0.2, -0.15) is 0 Å². The van der Waals surface area contributed by atoms with Gasteiger partial charge < -0.3 is 4.74 Å². The van der Waals surface area contributed by atoms with Gasteiger partial charge in [-0.05, 0) is 24.3 Å². The quantitative estimate of drug-likeness (QED) is 0.664. The van der Waals surface area contributed by atoms with E-state index in [9.17, 15) is 0 Å². The number of halogens is 1. The highest BCUT2D eigenvalue weighted by molar-refractivity contribution is 6.29. The number of rotatable bonds is 2. The molecule has 3 aromatic rings. The van der Waals surface area contributed by atoms with Crippen molar-refractivity contribution in [2.24, 2.45) is 0 Å². The fraction of sp³-hybridized carbons (Fsp3) is 0.0833. The number of pyridine rings is 1. The SMILES string of the molecule is COc1ccc(-n2nnc3cnc(Cl)cc32)cc1. The van der Waals surface area contributed by atoms with Gasteiger partial charge in [-0.15, -0.1) is 5.10 Å². The van der Waals surface area contributed by atoms with E-state index in [0.717, 1.165) is 17.0 Å². The third-order valence-electron chi connectivity index (χ3n) is 2.62. The second kappa shape index (κ2) is 4.27. The largest absolute Gasteiger partial charge is 0.497 e. The molecule has 5 nitrogen and oxygen atoms in total. The number of hydrogen-bond acceptors (Lipinski definition) is 4. The van der Waals surface area contributed by atoms with Gasteiger partial charge in [-0.3, -0.25) is 0 Å². The van der Waals surface area contributed by atoms with Crippen LogP contribution in [-0.4, -0.2) is 27.1 Å². The second-order valence-electron chi connectivity index (χ2n) is 3.70. The summed E-state index contributed by atoms with van der Waals surface area (Å²) < 4.78 is 6.83. The Hall–Kier alpha value is -2.14. The van der Waals surface area contributed by atoms with Gasteiger partial charge in [-0.25, -0.2) is 9.67 Å². The average Bonchev–Trinajstić information content (AvgIpc) is 2.82. The lowest BCUT2D eigenvalue weighted by Gasteiger charge is -2.03. The first kappa shape index (κ1) is 11.0. The van der Waals surface area contributed by atoms with Gasteiger partial charge in [0.15, 0.2) is 0 Å². The molecule has 1 aromatic carbocycles. The molecule has 6 heteroatoms. The summed E-state index contributed by atoms with van der Waals surface area (Å²) in [6.45, 7) is 0. The molecule has 0 bridgehead atoms. The Labute approximate surface area is 108 Å². The zero-order valence-corrected chi connectivity index (χ0v) is 10.3. The summed E-state index contributed by atoms with van der Waals surface area (Å²) in [5, 5.41) is 8.54. The summed E-state index contributed by atoms with van der Waals surface area (Å²) in [6.07, 6.45) is 1.60. The van der Waals surface area contributed by atoms with Crippen molar-refractivity contribution in [3.05, 3.63) is 41.7 Å². The molecule has 0 saturated heterocycles. The van der Waals surface area contributed by atoms with Crippen LogP contribution in [0, 0.1) is 0 Å². The van der Waals surface area contributed by atoms with Crippen molar-refractivity contribution in [3.63, 3.8) is 0 Å². The maximum Gasteiger partial charge on any atom is 0.132 e. The van der Waals surface area contributed by atoms with E-state index >= 15 is 0 Å². The van der Waals surface area contributed by atoms with E-state index in [1.807, 2.05) is 24.3 Å². The molecule has 0 aliphatic heterocycles. The Balaban J connectivity index is 2.15. The molecule has 0 unspecified atom stereocenters. The zero-order chi connectivity index (χ0) is 12.5. The summed E-state index contributed by atoms with van der Waals surface area (Å²) in [6, 6.07) is 9.28. The Morgan fingerprint density at radius 1 is 1.22 bits per heavy atom. The lowest BCUT2D eigenvalue weighted by atomic mass is 10.3. The van der Waals surface area contributed by atoms with E-state index in [1.54, 1.807) is 24.1 Å². The van der Waals surface area contributed by atoms with Crippen molar-refractivity contribution in [3.8, 4) is 11.4 Å². The van der Waals surface area contributed by atoms with Gasteiger partial charge in [0.05, 0.1) is 24.5 Å². The highest BCUT2D eigenvalue weighted by Crippen LogP contribution is 2.20. The van der Waals surface area contributed by atoms with E-state index < -0.39 is 0 Å². The minimum Gasteiger partial charge on any atom is -0.497 e. The smallest absolute Gasteiger partial charge is 0.132 e. The van der Waals surface area contributed by atoms with Crippen molar-refractivity contribution in [1.82, 2.24) is 20.0 Å². The van der Waals surface area contributed by atoms with Crippen LogP contribution in [0.2, 0.25) is 5.15 Å². The summed E-state index contributed by atoms with van der Waals surface area (Å²) >= 11 is 5.88. The van der Waals surface area contributed by atoms with E-state index in [1.165, 1.54) is 0 Å². The van der Waals surface area contributed by atoms with E-state index in [2.05, 4.69) is 15.3 Å². The predicted molar refractivity (Wildman–Crippen MR) is 68.2 cm³/mol. The first-order chi connectivity index (χ1) is 8.78. The highest BCUT2D eigenvalue weighted by atomic mass is 35.5. The van der Waals surface area contributed by atoms with Crippen LogP contribution in [0.3, 0.4) is 0 Å². The van der Waals surface area contributed by atoms with E-state index in [-0.39, 0.29) is 0 Å². The lowest BCUT2D eigenvalue weighted by molar-refractivity contribution is 0.414. The summed E-state index contributed by atoms with van der Waals surface area (Å²) in [7, 11) is 1.63. The molecule has 0 N–H and O–H groups in total. The Morgan fingerprint density at radius 2 is 2.00 bits per heavy atom. The Morgan fingerprint density at radius 3 is 2.72 bits per heavy atom. The molecule has 0 amide bonds. The third-order valence-corrected chi connectivity index (χ3v) is 2.82. The molecule has 0 spiro atoms. The number of aromatic nitrogens is 4. The zero-order valence-electron chi connectivity index (χ0n) is 9.54. The third kappa shape index (κ3) is 1.78. The van der Waals surface area contributed by atoms with Gasteiger partial charge in [-0.1, -0.05) is 16.8 Å². The Kier molecular flexibility index (Phi) is 2.60. The number of methoxy groups -OCH3 is 1. The number of hydrogen-bond donors (Lipinski definition) is 0.